The second-order valence-corrected chi connectivity index (χ2v) is 9.74. The summed E-state index contributed by atoms with van der Waals surface area (Å²) in [6, 6.07) is -0.350. The number of fused-ring (bicyclic) bond motifs is 1. The summed E-state index contributed by atoms with van der Waals surface area (Å²) in [7, 11) is -3.26. The van der Waals surface area contributed by atoms with Gasteiger partial charge in [-0.05, 0) is 0 Å². The predicted molar refractivity (Wildman–Crippen MR) is 54.7 cm³/mol. The molecule has 2 aliphatic heterocycles. The zero-order valence-electron chi connectivity index (χ0n) is 6.28. The molecule has 2 heterocycles. The first-order valence-electron chi connectivity index (χ1n) is 3.44. The molecule has 13 heavy (non-hydrogen) atoms. The van der Waals surface area contributed by atoms with Crippen LogP contribution in [0.2, 0.25) is 0 Å². The number of ether oxygens (including phenoxy) is 1. The van der Waals surface area contributed by atoms with Gasteiger partial charge in [0.2, 0.25) is 2.57 Å². The number of rotatable bonds is 0. The Kier molecular flexibility index (Phi) is 1.95. The van der Waals surface area contributed by atoms with Crippen molar-refractivity contribution in [3.63, 3.8) is 0 Å². The number of hydrogen-bond acceptors (Lipinski definition) is 5. The van der Waals surface area contributed by atoms with Gasteiger partial charge in [0.1, 0.15) is 6.04 Å². The van der Waals surface area contributed by atoms with E-state index in [-0.39, 0.29) is 11.8 Å². The topological polar surface area (TPSA) is 81.8 Å². The van der Waals surface area contributed by atoms with E-state index in [1.54, 1.807) is 0 Å². The van der Waals surface area contributed by atoms with Gasteiger partial charge in [0.15, 0.2) is 15.9 Å². The van der Waals surface area contributed by atoms with E-state index >= 15 is 0 Å². The second-order valence-electron chi connectivity index (χ2n) is 2.92. The van der Waals surface area contributed by atoms with Crippen LogP contribution in [0.25, 0.3) is 0 Å². The summed E-state index contributed by atoms with van der Waals surface area (Å²) in [5.41, 5.74) is 5.33. The van der Waals surface area contributed by atoms with Crippen LogP contribution < -0.4 is 5.73 Å². The van der Waals surface area contributed by atoms with Crippen LogP contribution in [0.1, 0.15) is 0 Å². The van der Waals surface area contributed by atoms with E-state index in [1.807, 2.05) is 0 Å². The molecule has 1 fully saturated rings. The largest absolute Gasteiger partial charge is 0.456 e. The van der Waals surface area contributed by atoms with Gasteiger partial charge in [0, 0.05) is 0 Å². The minimum absolute atomic E-state index is 0.0468. The minimum Gasteiger partial charge on any atom is -0.456 e. The molecular formula is C5H6Br2N2O3S. The van der Waals surface area contributed by atoms with E-state index in [4.69, 9.17) is 10.5 Å². The molecule has 0 unspecified atom stereocenters. The molecule has 0 aliphatic carbocycles. The molecule has 2 rings (SSSR count). The molecule has 1 saturated heterocycles. The number of aliphatic imine (C=N–C) groups is 1. The van der Waals surface area contributed by atoms with Gasteiger partial charge in [-0.15, -0.1) is 0 Å². The van der Waals surface area contributed by atoms with Crippen LogP contribution in [-0.4, -0.2) is 34.9 Å². The average Bonchev–Trinajstić information content (AvgIpc) is 2.35. The van der Waals surface area contributed by atoms with Crippen LogP contribution in [-0.2, 0) is 14.6 Å². The summed E-state index contributed by atoms with van der Waals surface area (Å²) in [6.45, 7) is 0. The molecule has 74 valence electrons. The summed E-state index contributed by atoms with van der Waals surface area (Å²) in [4.78, 5) is 3.87. The molecule has 0 radical (unpaired) electrons. The van der Waals surface area contributed by atoms with Crippen molar-refractivity contribution < 1.29 is 13.2 Å². The Labute approximate surface area is 91.9 Å². The fourth-order valence-electron chi connectivity index (χ4n) is 1.40. The Morgan fingerprint density at radius 3 is 2.77 bits per heavy atom. The Bertz CT molecular complexity index is 377. The Balaban J connectivity index is 2.44. The van der Waals surface area contributed by atoms with Gasteiger partial charge in [-0.25, -0.2) is 13.4 Å². The van der Waals surface area contributed by atoms with Crippen LogP contribution in [0, 0.1) is 0 Å². The van der Waals surface area contributed by atoms with Gasteiger partial charge >= 0.3 is 0 Å². The van der Waals surface area contributed by atoms with Gasteiger partial charge < -0.3 is 10.5 Å². The van der Waals surface area contributed by atoms with Gasteiger partial charge in [0.05, 0.1) is 5.75 Å². The molecule has 8 heteroatoms. The van der Waals surface area contributed by atoms with Crippen LogP contribution in [0.3, 0.4) is 0 Å². The lowest BCUT2D eigenvalue weighted by atomic mass is 10.2. The van der Waals surface area contributed by atoms with Crippen LogP contribution >= 0.6 is 31.9 Å². The number of sulfone groups is 1. The number of halogens is 2. The number of hydrogen-bond donors (Lipinski definition) is 1. The maximum atomic E-state index is 11.5. The molecule has 5 nitrogen and oxygen atoms in total. The maximum absolute atomic E-state index is 11.5. The Hall–Kier alpha value is 0.180. The third-order valence-electron chi connectivity index (χ3n) is 2.03. The standard InChI is InChI=1S/C5H6Br2N2O3S/c6-5(7)3-2(1-13(5,10)11)9-4(8)12-3/h2-3H,1H2,(H2,8,9)/t2-,3-/m1/s1. The van der Waals surface area contributed by atoms with E-state index in [0.29, 0.717) is 0 Å². The Morgan fingerprint density at radius 2 is 2.23 bits per heavy atom. The van der Waals surface area contributed by atoms with Crippen molar-refractivity contribution in [2.75, 3.05) is 5.75 Å². The molecule has 0 bridgehead atoms. The van der Waals surface area contributed by atoms with Crippen molar-refractivity contribution in [1.82, 2.24) is 0 Å². The summed E-state index contributed by atoms with van der Waals surface area (Å²) in [6.07, 6.45) is -0.572. The van der Waals surface area contributed by atoms with Crippen molar-refractivity contribution in [2.24, 2.45) is 10.7 Å². The Morgan fingerprint density at radius 1 is 1.62 bits per heavy atom. The highest BCUT2D eigenvalue weighted by Crippen LogP contribution is 2.47. The first-order chi connectivity index (χ1) is 5.84. The van der Waals surface area contributed by atoms with E-state index < -0.39 is 24.5 Å². The van der Waals surface area contributed by atoms with Gasteiger partial charge in [-0.3, -0.25) is 0 Å². The second kappa shape index (κ2) is 2.60. The summed E-state index contributed by atoms with van der Waals surface area (Å²) in [5.74, 6) is -0.0468. The summed E-state index contributed by atoms with van der Waals surface area (Å²) < 4.78 is 26.9. The molecule has 0 spiro atoms. The number of nitrogens with zero attached hydrogens (tertiary/aromatic N) is 1. The third kappa shape index (κ3) is 1.22. The van der Waals surface area contributed by atoms with Crippen molar-refractivity contribution in [3.05, 3.63) is 0 Å². The monoisotopic (exact) mass is 332 g/mol. The SMILES string of the molecule is NC1=N[C@@H]2CS(=O)(=O)C(Br)(Br)[C@@H]2O1. The molecule has 0 aromatic rings. The highest BCUT2D eigenvalue weighted by Gasteiger charge is 2.61. The molecule has 0 aromatic heterocycles. The van der Waals surface area contributed by atoms with E-state index in [1.165, 1.54) is 0 Å². The highest BCUT2D eigenvalue weighted by atomic mass is 79.9. The maximum Gasteiger partial charge on any atom is 0.282 e. The lowest BCUT2D eigenvalue weighted by Gasteiger charge is -2.19. The van der Waals surface area contributed by atoms with Crippen molar-refractivity contribution in [1.29, 1.82) is 0 Å². The lowest BCUT2D eigenvalue weighted by molar-refractivity contribution is 0.216. The molecule has 2 N–H and O–H groups in total. The zero-order valence-corrected chi connectivity index (χ0v) is 10.3. The van der Waals surface area contributed by atoms with E-state index in [2.05, 4.69) is 36.9 Å². The highest BCUT2D eigenvalue weighted by molar-refractivity contribution is 9.28. The average molecular weight is 334 g/mol. The van der Waals surface area contributed by atoms with Crippen LogP contribution in [0.5, 0.6) is 0 Å². The third-order valence-corrected chi connectivity index (χ3v) is 7.73. The minimum atomic E-state index is -3.26. The van der Waals surface area contributed by atoms with Crippen LogP contribution in [0.15, 0.2) is 4.99 Å². The first kappa shape index (κ1) is 9.72. The van der Waals surface area contributed by atoms with Crippen LogP contribution in [0.4, 0.5) is 0 Å². The van der Waals surface area contributed by atoms with E-state index in [9.17, 15) is 8.42 Å². The molecule has 0 amide bonds. The summed E-state index contributed by atoms with van der Waals surface area (Å²) >= 11 is 6.15. The van der Waals surface area contributed by atoms with Crippen molar-refractivity contribution >= 4 is 47.7 Å². The molecule has 2 aliphatic rings. The number of amidine groups is 1. The fraction of sp³-hybridized carbons (Fsp3) is 0.800. The van der Waals surface area contributed by atoms with Gasteiger partial charge in [-0.2, -0.15) is 0 Å². The van der Waals surface area contributed by atoms with Crippen molar-refractivity contribution in [2.45, 2.75) is 14.7 Å². The van der Waals surface area contributed by atoms with Gasteiger partial charge in [0.25, 0.3) is 6.02 Å². The lowest BCUT2D eigenvalue weighted by Crippen LogP contribution is -2.35. The predicted octanol–water partition coefficient (Wildman–Crippen LogP) is -0.0595. The van der Waals surface area contributed by atoms with Crippen molar-refractivity contribution in [3.8, 4) is 0 Å². The number of alkyl halides is 2. The molecule has 2 atom stereocenters. The number of nitrogens with two attached hydrogens (primary N) is 1. The fourth-order valence-corrected chi connectivity index (χ4v) is 4.47. The summed E-state index contributed by atoms with van der Waals surface area (Å²) in [5, 5.41) is 0. The molecular weight excluding hydrogens is 328 g/mol. The van der Waals surface area contributed by atoms with E-state index in [0.717, 1.165) is 0 Å². The van der Waals surface area contributed by atoms with Gasteiger partial charge in [-0.1, -0.05) is 31.9 Å². The molecule has 0 aromatic carbocycles. The first-order valence-corrected chi connectivity index (χ1v) is 6.68. The zero-order chi connectivity index (χ0) is 9.85. The smallest absolute Gasteiger partial charge is 0.282 e. The molecule has 0 saturated carbocycles. The quantitative estimate of drug-likeness (QED) is 0.630. The normalized spacial score (nSPS) is 39.4.